The van der Waals surface area contributed by atoms with Crippen LogP contribution in [0.2, 0.25) is 0 Å². The normalized spacial score (nSPS) is 13.7. The summed E-state index contributed by atoms with van der Waals surface area (Å²) in [5.41, 5.74) is 7.30. The van der Waals surface area contributed by atoms with Gasteiger partial charge in [0, 0.05) is 6.07 Å². The Morgan fingerprint density at radius 2 is 1.40 bits per heavy atom. The highest BCUT2D eigenvalue weighted by atomic mass is 19.1. The molecule has 0 heterocycles. The van der Waals surface area contributed by atoms with Crippen LogP contribution >= 0.6 is 0 Å². The molecule has 0 fully saturated rings. The van der Waals surface area contributed by atoms with E-state index in [-0.39, 0.29) is 5.82 Å². The van der Waals surface area contributed by atoms with Gasteiger partial charge < -0.3 is 15.2 Å². The number of ether oxygens (including phenoxy) is 2. The van der Waals surface area contributed by atoms with Gasteiger partial charge in [-0.2, -0.15) is 0 Å². The molecule has 3 nitrogen and oxygen atoms in total. The molecular weight excluding hydrogens is 257 g/mol. The van der Waals surface area contributed by atoms with Gasteiger partial charge in [0.15, 0.2) is 0 Å². The SMILES string of the molecule is COc1cc(OC)cc(C(C)(N)c2ccc(F)cc2)c1. The quantitative estimate of drug-likeness (QED) is 0.932. The lowest BCUT2D eigenvalue weighted by atomic mass is 9.85. The van der Waals surface area contributed by atoms with Crippen molar-refractivity contribution in [3.05, 3.63) is 59.4 Å². The Kier molecular flexibility index (Phi) is 3.95. The van der Waals surface area contributed by atoms with Gasteiger partial charge in [-0.25, -0.2) is 4.39 Å². The number of methoxy groups -OCH3 is 2. The Bertz CT molecular complexity index is 572. The van der Waals surface area contributed by atoms with Crippen LogP contribution in [-0.4, -0.2) is 14.2 Å². The van der Waals surface area contributed by atoms with Crippen molar-refractivity contribution >= 4 is 0 Å². The van der Waals surface area contributed by atoms with Gasteiger partial charge in [0.25, 0.3) is 0 Å². The van der Waals surface area contributed by atoms with E-state index in [4.69, 9.17) is 15.2 Å². The van der Waals surface area contributed by atoms with Gasteiger partial charge in [0.1, 0.15) is 17.3 Å². The van der Waals surface area contributed by atoms with Crippen LogP contribution in [-0.2, 0) is 5.54 Å². The maximum atomic E-state index is 13.0. The Morgan fingerprint density at radius 3 is 1.85 bits per heavy atom. The van der Waals surface area contributed by atoms with Crippen molar-refractivity contribution in [2.45, 2.75) is 12.5 Å². The Morgan fingerprint density at radius 1 is 0.900 bits per heavy atom. The van der Waals surface area contributed by atoms with E-state index >= 15 is 0 Å². The van der Waals surface area contributed by atoms with Gasteiger partial charge >= 0.3 is 0 Å². The molecule has 2 aromatic carbocycles. The minimum atomic E-state index is -0.768. The maximum absolute atomic E-state index is 13.0. The zero-order chi connectivity index (χ0) is 14.8. The van der Waals surface area contributed by atoms with Crippen molar-refractivity contribution in [2.75, 3.05) is 14.2 Å². The average molecular weight is 275 g/mol. The van der Waals surface area contributed by atoms with Gasteiger partial charge in [0.2, 0.25) is 0 Å². The number of hydrogen-bond acceptors (Lipinski definition) is 3. The zero-order valence-electron chi connectivity index (χ0n) is 11.8. The lowest BCUT2D eigenvalue weighted by molar-refractivity contribution is 0.391. The second kappa shape index (κ2) is 5.51. The number of nitrogens with two attached hydrogens (primary N) is 1. The molecule has 0 spiro atoms. The predicted octanol–water partition coefficient (Wildman–Crippen LogP) is 3.07. The predicted molar refractivity (Wildman–Crippen MR) is 76.6 cm³/mol. The fourth-order valence-corrected chi connectivity index (χ4v) is 2.07. The minimum Gasteiger partial charge on any atom is -0.497 e. The fourth-order valence-electron chi connectivity index (χ4n) is 2.07. The van der Waals surface area contributed by atoms with Crippen LogP contribution < -0.4 is 15.2 Å². The molecule has 20 heavy (non-hydrogen) atoms. The lowest BCUT2D eigenvalue weighted by Gasteiger charge is -2.27. The van der Waals surface area contributed by atoms with Gasteiger partial charge in [-0.15, -0.1) is 0 Å². The summed E-state index contributed by atoms with van der Waals surface area (Å²) in [4.78, 5) is 0. The van der Waals surface area contributed by atoms with Crippen LogP contribution in [0, 0.1) is 5.82 Å². The molecule has 0 bridgehead atoms. The third kappa shape index (κ3) is 2.75. The lowest BCUT2D eigenvalue weighted by Crippen LogP contribution is -2.34. The highest BCUT2D eigenvalue weighted by Gasteiger charge is 2.25. The molecule has 0 aromatic heterocycles. The standard InChI is InChI=1S/C16H18FNO2/c1-16(18,11-4-6-13(17)7-5-11)12-8-14(19-2)10-15(9-12)20-3/h4-10H,18H2,1-3H3. The van der Waals surface area contributed by atoms with Crippen LogP contribution in [0.1, 0.15) is 18.1 Å². The Balaban J connectivity index is 2.49. The molecule has 2 aromatic rings. The molecule has 0 amide bonds. The summed E-state index contributed by atoms with van der Waals surface area (Å²) < 4.78 is 23.5. The fraction of sp³-hybridized carbons (Fsp3) is 0.250. The van der Waals surface area contributed by atoms with Crippen molar-refractivity contribution in [2.24, 2.45) is 5.73 Å². The highest BCUT2D eigenvalue weighted by Crippen LogP contribution is 2.32. The van der Waals surface area contributed by atoms with Crippen molar-refractivity contribution in [1.82, 2.24) is 0 Å². The molecule has 0 saturated carbocycles. The van der Waals surface area contributed by atoms with Crippen molar-refractivity contribution in [3.8, 4) is 11.5 Å². The Hall–Kier alpha value is -2.07. The van der Waals surface area contributed by atoms with Gasteiger partial charge in [-0.3, -0.25) is 0 Å². The number of halogens is 1. The minimum absolute atomic E-state index is 0.284. The van der Waals surface area contributed by atoms with Gasteiger partial charge in [-0.05, 0) is 42.3 Å². The van der Waals surface area contributed by atoms with E-state index in [1.165, 1.54) is 12.1 Å². The summed E-state index contributed by atoms with van der Waals surface area (Å²) in [5, 5.41) is 0. The molecule has 0 aliphatic heterocycles. The van der Waals surface area contributed by atoms with E-state index in [1.807, 2.05) is 19.1 Å². The summed E-state index contributed by atoms with van der Waals surface area (Å²) >= 11 is 0. The van der Waals surface area contributed by atoms with E-state index in [2.05, 4.69) is 0 Å². The van der Waals surface area contributed by atoms with E-state index in [9.17, 15) is 4.39 Å². The molecule has 2 rings (SSSR count). The van der Waals surface area contributed by atoms with Crippen molar-refractivity contribution in [1.29, 1.82) is 0 Å². The van der Waals surface area contributed by atoms with Crippen LogP contribution in [0.15, 0.2) is 42.5 Å². The third-order valence-electron chi connectivity index (χ3n) is 3.40. The molecule has 0 aliphatic carbocycles. The first-order chi connectivity index (χ1) is 9.47. The molecule has 2 N–H and O–H groups in total. The first-order valence-electron chi connectivity index (χ1n) is 6.26. The summed E-state index contributed by atoms with van der Waals surface area (Å²) in [6, 6.07) is 11.7. The van der Waals surface area contributed by atoms with Crippen LogP contribution in [0.5, 0.6) is 11.5 Å². The molecule has 106 valence electrons. The third-order valence-corrected chi connectivity index (χ3v) is 3.40. The summed E-state index contributed by atoms with van der Waals surface area (Å²) in [6.07, 6.45) is 0. The molecule has 0 aliphatic rings. The molecule has 1 atom stereocenters. The molecule has 0 saturated heterocycles. The number of hydrogen-bond donors (Lipinski definition) is 1. The summed E-state index contributed by atoms with van der Waals surface area (Å²) in [5.74, 6) is 1.05. The average Bonchev–Trinajstić information content (AvgIpc) is 2.47. The monoisotopic (exact) mass is 275 g/mol. The van der Waals surface area contributed by atoms with Crippen LogP contribution in [0.25, 0.3) is 0 Å². The van der Waals surface area contributed by atoms with Gasteiger partial charge in [-0.1, -0.05) is 12.1 Å². The first kappa shape index (κ1) is 14.3. The van der Waals surface area contributed by atoms with Crippen molar-refractivity contribution in [3.63, 3.8) is 0 Å². The topological polar surface area (TPSA) is 44.5 Å². The van der Waals surface area contributed by atoms with Crippen LogP contribution in [0.4, 0.5) is 4.39 Å². The smallest absolute Gasteiger partial charge is 0.123 e. The molecule has 4 heteroatoms. The zero-order valence-corrected chi connectivity index (χ0v) is 11.8. The van der Waals surface area contributed by atoms with E-state index in [0.717, 1.165) is 11.1 Å². The molecule has 0 radical (unpaired) electrons. The van der Waals surface area contributed by atoms with E-state index in [1.54, 1.807) is 32.4 Å². The summed E-state index contributed by atoms with van der Waals surface area (Å²) in [6.45, 7) is 1.87. The largest absolute Gasteiger partial charge is 0.497 e. The van der Waals surface area contributed by atoms with Gasteiger partial charge in [0.05, 0.1) is 19.8 Å². The van der Waals surface area contributed by atoms with E-state index in [0.29, 0.717) is 11.5 Å². The maximum Gasteiger partial charge on any atom is 0.123 e. The Labute approximate surface area is 118 Å². The van der Waals surface area contributed by atoms with Crippen molar-refractivity contribution < 1.29 is 13.9 Å². The molecular formula is C16H18FNO2. The first-order valence-corrected chi connectivity index (χ1v) is 6.26. The second-order valence-corrected chi connectivity index (χ2v) is 4.81. The highest BCUT2D eigenvalue weighted by molar-refractivity contribution is 5.45. The number of benzene rings is 2. The van der Waals surface area contributed by atoms with Crippen LogP contribution in [0.3, 0.4) is 0 Å². The number of rotatable bonds is 4. The summed E-state index contributed by atoms with van der Waals surface area (Å²) in [7, 11) is 3.18. The van der Waals surface area contributed by atoms with E-state index < -0.39 is 5.54 Å². The molecule has 1 unspecified atom stereocenters. The second-order valence-electron chi connectivity index (χ2n) is 4.81.